The van der Waals surface area contributed by atoms with E-state index in [-0.39, 0.29) is 17.1 Å². The standard InChI is InChI=1S/C7H6N4O2/c8-6(13)4-3-9-11-2-1-5(12)10-7(4)11/h1-3H,(H2,8,13)(H,10,12). The molecule has 2 aromatic rings. The van der Waals surface area contributed by atoms with Crippen LogP contribution >= 0.6 is 0 Å². The van der Waals surface area contributed by atoms with Crippen molar-refractivity contribution >= 4 is 11.6 Å². The summed E-state index contributed by atoms with van der Waals surface area (Å²) in [6.07, 6.45) is 2.80. The summed E-state index contributed by atoms with van der Waals surface area (Å²) in [6, 6.07) is 1.37. The molecule has 0 unspecified atom stereocenters. The van der Waals surface area contributed by atoms with Gasteiger partial charge in [-0.25, -0.2) is 4.52 Å². The minimum Gasteiger partial charge on any atom is -0.493 e. The molecular weight excluding hydrogens is 172 g/mol. The normalized spacial score (nSPS) is 10.5. The lowest BCUT2D eigenvalue weighted by Crippen LogP contribution is -2.10. The second-order valence-corrected chi connectivity index (χ2v) is 2.48. The maximum absolute atomic E-state index is 10.8. The Hall–Kier alpha value is -2.11. The Morgan fingerprint density at radius 2 is 2.38 bits per heavy atom. The molecule has 0 aliphatic heterocycles. The first-order chi connectivity index (χ1) is 6.18. The third kappa shape index (κ3) is 1.08. The number of fused-ring (bicyclic) bond motifs is 1. The number of aromatic hydroxyl groups is 1. The minimum absolute atomic E-state index is 0.171. The van der Waals surface area contributed by atoms with Crippen LogP contribution < -0.4 is 5.73 Å². The zero-order chi connectivity index (χ0) is 9.42. The SMILES string of the molecule is NC(=O)c1cnn2ccc(O)nc12. The fourth-order valence-electron chi connectivity index (χ4n) is 1.03. The lowest BCUT2D eigenvalue weighted by atomic mass is 10.3. The van der Waals surface area contributed by atoms with Gasteiger partial charge in [0.1, 0.15) is 5.56 Å². The highest BCUT2D eigenvalue weighted by molar-refractivity contribution is 5.98. The van der Waals surface area contributed by atoms with E-state index in [9.17, 15) is 4.79 Å². The first kappa shape index (κ1) is 7.53. The molecule has 2 heterocycles. The van der Waals surface area contributed by atoms with Crippen molar-refractivity contribution < 1.29 is 9.90 Å². The Kier molecular flexibility index (Phi) is 1.42. The molecule has 0 aliphatic rings. The Morgan fingerprint density at radius 1 is 1.62 bits per heavy atom. The van der Waals surface area contributed by atoms with Crippen molar-refractivity contribution in [2.24, 2.45) is 5.73 Å². The Morgan fingerprint density at radius 3 is 3.08 bits per heavy atom. The molecule has 0 radical (unpaired) electrons. The van der Waals surface area contributed by atoms with E-state index in [2.05, 4.69) is 10.1 Å². The van der Waals surface area contributed by atoms with Gasteiger partial charge < -0.3 is 10.8 Å². The number of nitrogens with zero attached hydrogens (tertiary/aromatic N) is 3. The zero-order valence-corrected chi connectivity index (χ0v) is 6.51. The van der Waals surface area contributed by atoms with Crippen molar-refractivity contribution in [2.75, 3.05) is 0 Å². The van der Waals surface area contributed by atoms with Gasteiger partial charge in [0.2, 0.25) is 5.88 Å². The summed E-state index contributed by atoms with van der Waals surface area (Å²) < 4.78 is 1.36. The number of nitrogens with two attached hydrogens (primary N) is 1. The fraction of sp³-hybridized carbons (Fsp3) is 0. The van der Waals surface area contributed by atoms with Crippen LogP contribution in [0.25, 0.3) is 5.65 Å². The molecule has 0 spiro atoms. The molecule has 2 aromatic heterocycles. The summed E-state index contributed by atoms with van der Waals surface area (Å²) in [4.78, 5) is 14.5. The van der Waals surface area contributed by atoms with E-state index in [1.54, 1.807) is 0 Å². The number of amides is 1. The highest BCUT2D eigenvalue weighted by Gasteiger charge is 2.10. The zero-order valence-electron chi connectivity index (χ0n) is 6.51. The number of carbonyl (C=O) groups is 1. The molecule has 2 rings (SSSR count). The topological polar surface area (TPSA) is 93.5 Å². The van der Waals surface area contributed by atoms with Gasteiger partial charge in [-0.05, 0) is 0 Å². The summed E-state index contributed by atoms with van der Waals surface area (Å²) >= 11 is 0. The van der Waals surface area contributed by atoms with Crippen molar-refractivity contribution in [3.05, 3.63) is 24.0 Å². The van der Waals surface area contributed by atoms with Crippen molar-refractivity contribution in [3.8, 4) is 5.88 Å². The van der Waals surface area contributed by atoms with Crippen LogP contribution in [-0.2, 0) is 0 Å². The van der Waals surface area contributed by atoms with Crippen LogP contribution in [-0.4, -0.2) is 25.6 Å². The van der Waals surface area contributed by atoms with Gasteiger partial charge in [-0.1, -0.05) is 0 Å². The van der Waals surface area contributed by atoms with Gasteiger partial charge in [0.15, 0.2) is 5.65 Å². The second-order valence-electron chi connectivity index (χ2n) is 2.48. The second kappa shape index (κ2) is 2.44. The molecule has 0 aliphatic carbocycles. The molecule has 66 valence electrons. The minimum atomic E-state index is -0.617. The third-order valence-electron chi connectivity index (χ3n) is 1.62. The van der Waals surface area contributed by atoms with Crippen LogP contribution in [0, 0.1) is 0 Å². The number of aromatic nitrogens is 3. The monoisotopic (exact) mass is 178 g/mol. The van der Waals surface area contributed by atoms with E-state index in [4.69, 9.17) is 10.8 Å². The van der Waals surface area contributed by atoms with Crippen LogP contribution in [0.15, 0.2) is 18.5 Å². The van der Waals surface area contributed by atoms with E-state index >= 15 is 0 Å². The van der Waals surface area contributed by atoms with Crippen LogP contribution in [0.4, 0.5) is 0 Å². The number of hydrogen-bond donors (Lipinski definition) is 2. The van der Waals surface area contributed by atoms with Crippen molar-refractivity contribution in [3.63, 3.8) is 0 Å². The molecule has 3 N–H and O–H groups in total. The molecule has 1 amide bonds. The van der Waals surface area contributed by atoms with E-state index < -0.39 is 5.91 Å². The average Bonchev–Trinajstić information content (AvgIpc) is 2.46. The van der Waals surface area contributed by atoms with Crippen molar-refractivity contribution in [1.82, 2.24) is 14.6 Å². The first-order valence-corrected chi connectivity index (χ1v) is 3.51. The number of carbonyl (C=O) groups excluding carboxylic acids is 1. The van der Waals surface area contributed by atoms with Gasteiger partial charge in [0.25, 0.3) is 5.91 Å². The third-order valence-corrected chi connectivity index (χ3v) is 1.62. The molecular formula is C7H6N4O2. The van der Waals surface area contributed by atoms with Gasteiger partial charge in [0, 0.05) is 12.3 Å². The van der Waals surface area contributed by atoms with Crippen LogP contribution in [0.1, 0.15) is 10.4 Å². The predicted molar refractivity (Wildman–Crippen MR) is 43.2 cm³/mol. The Labute approximate surface area is 72.6 Å². The van der Waals surface area contributed by atoms with Crippen molar-refractivity contribution in [1.29, 1.82) is 0 Å². The molecule has 0 saturated carbocycles. The summed E-state index contributed by atoms with van der Waals surface area (Å²) in [5.41, 5.74) is 5.51. The summed E-state index contributed by atoms with van der Waals surface area (Å²) in [5.74, 6) is -0.788. The number of hydrogen-bond acceptors (Lipinski definition) is 4. The molecule has 0 aromatic carbocycles. The Balaban J connectivity index is 2.79. The molecule has 0 bridgehead atoms. The summed E-state index contributed by atoms with van der Waals surface area (Å²) in [5, 5.41) is 12.9. The lowest BCUT2D eigenvalue weighted by molar-refractivity contribution is 0.100. The van der Waals surface area contributed by atoms with E-state index in [1.807, 2.05) is 0 Å². The number of rotatable bonds is 1. The largest absolute Gasteiger partial charge is 0.493 e. The molecule has 0 fully saturated rings. The maximum Gasteiger partial charge on any atom is 0.254 e. The van der Waals surface area contributed by atoms with Gasteiger partial charge in [-0.3, -0.25) is 4.79 Å². The van der Waals surface area contributed by atoms with E-state index in [0.29, 0.717) is 0 Å². The molecule has 0 saturated heterocycles. The van der Waals surface area contributed by atoms with Crippen LogP contribution in [0.5, 0.6) is 5.88 Å². The van der Waals surface area contributed by atoms with Crippen LogP contribution in [0.3, 0.4) is 0 Å². The van der Waals surface area contributed by atoms with Gasteiger partial charge in [-0.2, -0.15) is 10.1 Å². The lowest BCUT2D eigenvalue weighted by Gasteiger charge is -1.94. The van der Waals surface area contributed by atoms with Crippen molar-refractivity contribution in [2.45, 2.75) is 0 Å². The highest BCUT2D eigenvalue weighted by Crippen LogP contribution is 2.10. The summed E-state index contributed by atoms with van der Waals surface area (Å²) in [7, 11) is 0. The smallest absolute Gasteiger partial charge is 0.254 e. The van der Waals surface area contributed by atoms with Crippen LogP contribution in [0.2, 0.25) is 0 Å². The highest BCUT2D eigenvalue weighted by atomic mass is 16.3. The fourth-order valence-corrected chi connectivity index (χ4v) is 1.03. The van der Waals surface area contributed by atoms with E-state index in [1.165, 1.54) is 23.0 Å². The molecule has 6 nitrogen and oxygen atoms in total. The number of primary amides is 1. The Bertz CT molecular complexity index is 476. The van der Waals surface area contributed by atoms with Gasteiger partial charge in [0.05, 0.1) is 6.20 Å². The quantitative estimate of drug-likeness (QED) is 0.617. The van der Waals surface area contributed by atoms with Gasteiger partial charge in [-0.15, -0.1) is 0 Å². The average molecular weight is 178 g/mol. The first-order valence-electron chi connectivity index (χ1n) is 3.51. The van der Waals surface area contributed by atoms with E-state index in [0.717, 1.165) is 0 Å². The molecule has 6 heteroatoms. The maximum atomic E-state index is 10.8. The predicted octanol–water partition coefficient (Wildman–Crippen LogP) is -0.466. The van der Waals surface area contributed by atoms with Gasteiger partial charge >= 0.3 is 0 Å². The molecule has 13 heavy (non-hydrogen) atoms. The summed E-state index contributed by atoms with van der Waals surface area (Å²) in [6.45, 7) is 0. The molecule has 0 atom stereocenters.